The molecule has 2 rings (SSSR count). The lowest BCUT2D eigenvalue weighted by Crippen LogP contribution is -2.26. The molecular weight excluding hydrogens is 367 g/mol. The Morgan fingerprint density at radius 3 is 2.29 bits per heavy atom. The lowest BCUT2D eigenvalue weighted by molar-refractivity contribution is 0.306. The summed E-state index contributed by atoms with van der Waals surface area (Å²) >= 11 is 6.12. The largest absolute Gasteiger partial charge is 0.489 e. The summed E-state index contributed by atoms with van der Waals surface area (Å²) < 4.78 is 5.77. The summed E-state index contributed by atoms with van der Waals surface area (Å²) in [4.78, 5) is 2.17. The summed E-state index contributed by atoms with van der Waals surface area (Å²) in [6.07, 6.45) is 0. The number of benzene rings is 2. The first kappa shape index (κ1) is 23.0. The number of hydrogen-bond acceptors (Lipinski definition) is 3. The Kier molecular flexibility index (Phi) is 11.9. The Balaban J connectivity index is 0.00000264. The van der Waals surface area contributed by atoms with Gasteiger partial charge in [-0.3, -0.25) is 0 Å². The summed E-state index contributed by atoms with van der Waals surface area (Å²) in [7, 11) is 4.15. The molecule has 0 aliphatic heterocycles. The molecule has 134 valence electrons. The van der Waals surface area contributed by atoms with Gasteiger partial charge in [0, 0.05) is 30.2 Å². The zero-order valence-electron chi connectivity index (χ0n) is 14.0. The monoisotopic (exact) mass is 390 g/mol. The number of rotatable bonds is 8. The van der Waals surface area contributed by atoms with Crippen molar-refractivity contribution in [1.29, 1.82) is 0 Å². The molecule has 0 unspecified atom stereocenters. The number of hydrogen-bond donors (Lipinski definition) is 1. The van der Waals surface area contributed by atoms with Gasteiger partial charge in [0.25, 0.3) is 0 Å². The Labute approximate surface area is 162 Å². The number of nitrogens with zero attached hydrogens (tertiary/aromatic N) is 1. The molecule has 2 aromatic carbocycles. The molecule has 0 amide bonds. The third-order valence-corrected chi connectivity index (χ3v) is 3.71. The fourth-order valence-corrected chi connectivity index (χ4v) is 2.21. The van der Waals surface area contributed by atoms with Crippen molar-refractivity contribution in [3.8, 4) is 5.75 Å². The van der Waals surface area contributed by atoms with Crippen molar-refractivity contribution in [2.75, 3.05) is 27.2 Å². The van der Waals surface area contributed by atoms with Crippen molar-refractivity contribution >= 4 is 36.4 Å². The predicted molar refractivity (Wildman–Crippen MR) is 107 cm³/mol. The minimum absolute atomic E-state index is 0. The SMILES string of the molecule is CN(C)CCNCc1ccc(OCc2ccccc2Cl)cc1.Cl.Cl. The Bertz CT molecular complexity index is 577. The van der Waals surface area contributed by atoms with Crippen LogP contribution < -0.4 is 10.1 Å². The predicted octanol–water partition coefficient (Wildman–Crippen LogP) is 4.41. The quantitative estimate of drug-likeness (QED) is 0.674. The van der Waals surface area contributed by atoms with Crippen LogP contribution in [0.25, 0.3) is 0 Å². The van der Waals surface area contributed by atoms with Crippen LogP contribution in [0.5, 0.6) is 5.75 Å². The molecule has 0 saturated carbocycles. The minimum Gasteiger partial charge on any atom is -0.489 e. The highest BCUT2D eigenvalue weighted by atomic mass is 35.5. The van der Waals surface area contributed by atoms with Gasteiger partial charge in [-0.15, -0.1) is 24.8 Å². The van der Waals surface area contributed by atoms with Gasteiger partial charge in [-0.25, -0.2) is 0 Å². The molecule has 0 fully saturated rings. The van der Waals surface area contributed by atoms with Crippen LogP contribution in [0, 0.1) is 0 Å². The van der Waals surface area contributed by atoms with E-state index in [1.54, 1.807) is 0 Å². The first-order chi connectivity index (χ1) is 10.6. The maximum Gasteiger partial charge on any atom is 0.119 e. The molecule has 2 aromatic rings. The Morgan fingerprint density at radius 2 is 1.67 bits per heavy atom. The van der Waals surface area contributed by atoms with E-state index in [-0.39, 0.29) is 24.8 Å². The fraction of sp³-hybridized carbons (Fsp3) is 0.333. The van der Waals surface area contributed by atoms with Gasteiger partial charge in [0.15, 0.2) is 0 Å². The van der Waals surface area contributed by atoms with Crippen LogP contribution in [0.4, 0.5) is 0 Å². The topological polar surface area (TPSA) is 24.5 Å². The van der Waals surface area contributed by atoms with Crippen molar-refractivity contribution < 1.29 is 4.74 Å². The van der Waals surface area contributed by atoms with Crippen LogP contribution in [0.1, 0.15) is 11.1 Å². The molecule has 3 nitrogen and oxygen atoms in total. The molecule has 0 bridgehead atoms. The summed E-state index contributed by atoms with van der Waals surface area (Å²) in [6, 6.07) is 15.9. The molecule has 0 aliphatic rings. The highest BCUT2D eigenvalue weighted by Gasteiger charge is 2.01. The normalized spacial score (nSPS) is 10.0. The summed E-state index contributed by atoms with van der Waals surface area (Å²) in [6.45, 7) is 3.38. The molecular formula is C18H25Cl3N2O. The van der Waals surface area contributed by atoms with Gasteiger partial charge in [-0.1, -0.05) is 41.9 Å². The minimum atomic E-state index is 0. The lowest BCUT2D eigenvalue weighted by Gasteiger charge is -2.11. The molecule has 0 radical (unpaired) electrons. The van der Waals surface area contributed by atoms with E-state index in [1.165, 1.54) is 5.56 Å². The summed E-state index contributed by atoms with van der Waals surface area (Å²) in [5, 5.41) is 4.16. The smallest absolute Gasteiger partial charge is 0.119 e. The highest BCUT2D eigenvalue weighted by Crippen LogP contribution is 2.18. The molecule has 24 heavy (non-hydrogen) atoms. The molecule has 0 aromatic heterocycles. The Hall–Kier alpha value is -0.970. The third-order valence-electron chi connectivity index (χ3n) is 3.34. The van der Waals surface area contributed by atoms with E-state index in [2.05, 4.69) is 36.4 Å². The van der Waals surface area contributed by atoms with Crippen molar-refractivity contribution in [3.63, 3.8) is 0 Å². The third kappa shape index (κ3) is 8.22. The highest BCUT2D eigenvalue weighted by molar-refractivity contribution is 6.31. The Morgan fingerprint density at radius 1 is 1.00 bits per heavy atom. The molecule has 0 aliphatic carbocycles. The molecule has 1 N–H and O–H groups in total. The molecule has 6 heteroatoms. The van der Waals surface area contributed by atoms with Crippen molar-refractivity contribution in [2.45, 2.75) is 13.2 Å². The molecule has 0 saturated heterocycles. The second-order valence-electron chi connectivity index (χ2n) is 5.50. The van der Waals surface area contributed by atoms with Gasteiger partial charge in [0.1, 0.15) is 12.4 Å². The second-order valence-corrected chi connectivity index (χ2v) is 5.91. The van der Waals surface area contributed by atoms with E-state index in [0.29, 0.717) is 6.61 Å². The van der Waals surface area contributed by atoms with Crippen molar-refractivity contribution in [1.82, 2.24) is 10.2 Å². The standard InChI is InChI=1S/C18H23ClN2O.2ClH/c1-21(2)12-11-20-13-15-7-9-17(10-8-15)22-14-16-5-3-4-6-18(16)19;;/h3-10,20H,11-14H2,1-2H3;2*1H. The zero-order valence-corrected chi connectivity index (χ0v) is 16.4. The molecule has 0 atom stereocenters. The van der Waals surface area contributed by atoms with Crippen LogP contribution in [-0.2, 0) is 13.2 Å². The van der Waals surface area contributed by atoms with E-state index in [9.17, 15) is 0 Å². The zero-order chi connectivity index (χ0) is 15.8. The van der Waals surface area contributed by atoms with E-state index >= 15 is 0 Å². The number of halogens is 3. The molecule has 0 spiro atoms. The number of ether oxygens (including phenoxy) is 1. The van der Waals surface area contributed by atoms with Crippen LogP contribution >= 0.6 is 36.4 Å². The fourth-order valence-electron chi connectivity index (χ4n) is 2.02. The van der Waals surface area contributed by atoms with Crippen molar-refractivity contribution in [3.05, 3.63) is 64.7 Å². The van der Waals surface area contributed by atoms with E-state index in [1.807, 2.05) is 36.4 Å². The van der Waals surface area contributed by atoms with Crippen LogP contribution in [0.3, 0.4) is 0 Å². The maximum absolute atomic E-state index is 6.12. The van der Waals surface area contributed by atoms with Gasteiger partial charge in [0.2, 0.25) is 0 Å². The van der Waals surface area contributed by atoms with Crippen LogP contribution in [0.2, 0.25) is 5.02 Å². The first-order valence-electron chi connectivity index (χ1n) is 7.46. The van der Waals surface area contributed by atoms with Crippen LogP contribution in [0.15, 0.2) is 48.5 Å². The van der Waals surface area contributed by atoms with Gasteiger partial charge < -0.3 is 15.0 Å². The van der Waals surface area contributed by atoms with E-state index in [0.717, 1.165) is 36.0 Å². The number of nitrogens with one attached hydrogen (secondary N) is 1. The summed E-state index contributed by atoms with van der Waals surface area (Å²) in [5.41, 5.74) is 2.25. The van der Waals surface area contributed by atoms with Gasteiger partial charge in [0.05, 0.1) is 0 Å². The van der Waals surface area contributed by atoms with E-state index in [4.69, 9.17) is 16.3 Å². The van der Waals surface area contributed by atoms with E-state index < -0.39 is 0 Å². The second kappa shape index (κ2) is 12.4. The van der Waals surface area contributed by atoms with Gasteiger partial charge in [-0.2, -0.15) is 0 Å². The van der Waals surface area contributed by atoms with Crippen LogP contribution in [-0.4, -0.2) is 32.1 Å². The van der Waals surface area contributed by atoms with Crippen molar-refractivity contribution in [2.24, 2.45) is 0 Å². The van der Waals surface area contributed by atoms with Gasteiger partial charge in [-0.05, 0) is 37.9 Å². The van der Waals surface area contributed by atoms with Gasteiger partial charge >= 0.3 is 0 Å². The maximum atomic E-state index is 6.12. The summed E-state index contributed by atoms with van der Waals surface area (Å²) in [5.74, 6) is 0.858. The molecule has 0 heterocycles. The first-order valence-corrected chi connectivity index (χ1v) is 7.83. The average Bonchev–Trinajstić information content (AvgIpc) is 2.52. The lowest BCUT2D eigenvalue weighted by atomic mass is 10.2. The average molecular weight is 392 g/mol. The number of likely N-dealkylation sites (N-methyl/N-ethyl adjacent to an activating group) is 1.